The van der Waals surface area contributed by atoms with Gasteiger partial charge >= 0.3 is 0 Å². The standard InChI is InChI=1S/C11H7ClF2N2S/c1-6-4-10(16-11(12)15-6)17-7-2-3-8(13)9(14)5-7/h2-5H,1H3. The van der Waals surface area contributed by atoms with Crippen LogP contribution in [0.2, 0.25) is 5.28 Å². The molecule has 0 saturated carbocycles. The minimum absolute atomic E-state index is 0.134. The second-order valence-corrected chi connectivity index (χ2v) is 4.73. The molecule has 2 aromatic rings. The molecule has 0 N–H and O–H groups in total. The minimum atomic E-state index is -0.883. The number of halogens is 3. The van der Waals surface area contributed by atoms with E-state index in [0.717, 1.165) is 17.8 Å². The van der Waals surface area contributed by atoms with Crippen molar-refractivity contribution in [3.05, 3.63) is 46.9 Å². The fourth-order valence-electron chi connectivity index (χ4n) is 1.22. The zero-order valence-corrected chi connectivity index (χ0v) is 10.3. The van der Waals surface area contributed by atoms with Crippen LogP contribution in [-0.4, -0.2) is 9.97 Å². The molecule has 0 radical (unpaired) electrons. The number of aromatic nitrogens is 2. The molecule has 2 rings (SSSR count). The van der Waals surface area contributed by atoms with Crippen molar-refractivity contribution in [2.75, 3.05) is 0 Å². The maximum absolute atomic E-state index is 13.0. The summed E-state index contributed by atoms with van der Waals surface area (Å²) < 4.78 is 25.7. The van der Waals surface area contributed by atoms with Crippen molar-refractivity contribution in [3.8, 4) is 0 Å². The first-order valence-electron chi connectivity index (χ1n) is 4.69. The molecule has 6 heteroatoms. The molecule has 17 heavy (non-hydrogen) atoms. The Bertz CT molecular complexity index is 543. The summed E-state index contributed by atoms with van der Waals surface area (Å²) in [4.78, 5) is 8.45. The highest BCUT2D eigenvalue weighted by atomic mass is 35.5. The molecule has 0 spiro atoms. The fraction of sp³-hybridized carbons (Fsp3) is 0.0909. The van der Waals surface area contributed by atoms with Crippen LogP contribution in [0.3, 0.4) is 0 Å². The third kappa shape index (κ3) is 3.14. The quantitative estimate of drug-likeness (QED) is 0.613. The Hall–Kier alpha value is -1.20. The van der Waals surface area contributed by atoms with E-state index in [4.69, 9.17) is 11.6 Å². The normalized spacial score (nSPS) is 10.6. The predicted molar refractivity (Wildman–Crippen MR) is 62.3 cm³/mol. The smallest absolute Gasteiger partial charge is 0.223 e. The molecule has 88 valence electrons. The molecule has 0 unspecified atom stereocenters. The summed E-state index contributed by atoms with van der Waals surface area (Å²) in [6.45, 7) is 1.78. The summed E-state index contributed by atoms with van der Waals surface area (Å²) in [7, 11) is 0. The maximum atomic E-state index is 13.0. The Morgan fingerprint density at radius 1 is 1.12 bits per heavy atom. The number of hydrogen-bond acceptors (Lipinski definition) is 3. The van der Waals surface area contributed by atoms with E-state index in [1.807, 2.05) is 0 Å². The summed E-state index contributed by atoms with van der Waals surface area (Å²) in [6, 6.07) is 5.39. The SMILES string of the molecule is Cc1cc(Sc2ccc(F)c(F)c2)nc(Cl)n1. The zero-order chi connectivity index (χ0) is 12.4. The topological polar surface area (TPSA) is 25.8 Å². The lowest BCUT2D eigenvalue weighted by molar-refractivity contribution is 0.506. The van der Waals surface area contributed by atoms with Crippen LogP contribution in [0.1, 0.15) is 5.69 Å². The lowest BCUT2D eigenvalue weighted by Gasteiger charge is -2.03. The maximum Gasteiger partial charge on any atom is 0.223 e. The van der Waals surface area contributed by atoms with Crippen molar-refractivity contribution in [2.24, 2.45) is 0 Å². The van der Waals surface area contributed by atoms with E-state index >= 15 is 0 Å². The highest BCUT2D eigenvalue weighted by Gasteiger charge is 2.06. The average Bonchev–Trinajstić information content (AvgIpc) is 2.22. The summed E-state index contributed by atoms with van der Waals surface area (Å²) in [5, 5.41) is 0.726. The van der Waals surface area contributed by atoms with Gasteiger partial charge in [-0.15, -0.1) is 0 Å². The van der Waals surface area contributed by atoms with E-state index in [0.29, 0.717) is 9.92 Å². The van der Waals surface area contributed by atoms with Crippen LogP contribution < -0.4 is 0 Å². The van der Waals surface area contributed by atoms with Crippen molar-refractivity contribution in [3.63, 3.8) is 0 Å². The molecule has 2 nitrogen and oxygen atoms in total. The third-order valence-electron chi connectivity index (χ3n) is 1.92. The van der Waals surface area contributed by atoms with Gasteiger partial charge in [0.15, 0.2) is 11.6 Å². The fourth-order valence-corrected chi connectivity index (χ4v) is 2.39. The Labute approximate surface area is 106 Å². The van der Waals surface area contributed by atoms with Crippen LogP contribution in [-0.2, 0) is 0 Å². The highest BCUT2D eigenvalue weighted by molar-refractivity contribution is 7.99. The number of hydrogen-bond donors (Lipinski definition) is 0. The van der Waals surface area contributed by atoms with Gasteiger partial charge in [0.25, 0.3) is 0 Å². The second kappa shape index (κ2) is 4.98. The minimum Gasteiger partial charge on any atom is -0.223 e. The number of rotatable bonds is 2. The molecular weight excluding hydrogens is 266 g/mol. The third-order valence-corrected chi connectivity index (χ3v) is 2.99. The van der Waals surface area contributed by atoms with E-state index in [-0.39, 0.29) is 5.28 Å². The molecular formula is C11H7ClF2N2S. The van der Waals surface area contributed by atoms with E-state index < -0.39 is 11.6 Å². The molecule has 1 heterocycles. The molecule has 0 aliphatic rings. The van der Waals surface area contributed by atoms with Gasteiger partial charge in [-0.25, -0.2) is 18.7 Å². The van der Waals surface area contributed by atoms with Gasteiger partial charge in [0.1, 0.15) is 5.03 Å². The monoisotopic (exact) mass is 272 g/mol. The van der Waals surface area contributed by atoms with Crippen LogP contribution in [0, 0.1) is 18.6 Å². The van der Waals surface area contributed by atoms with Crippen LogP contribution in [0.4, 0.5) is 8.78 Å². The van der Waals surface area contributed by atoms with Gasteiger partial charge < -0.3 is 0 Å². The molecule has 0 saturated heterocycles. The number of benzene rings is 1. The van der Waals surface area contributed by atoms with Crippen molar-refractivity contribution >= 4 is 23.4 Å². The Morgan fingerprint density at radius 3 is 2.53 bits per heavy atom. The summed E-state index contributed by atoms with van der Waals surface area (Å²) in [5.41, 5.74) is 0.718. The van der Waals surface area contributed by atoms with Crippen LogP contribution >= 0.6 is 23.4 Å². The van der Waals surface area contributed by atoms with Crippen LogP contribution in [0.15, 0.2) is 34.2 Å². The predicted octanol–water partition coefficient (Wildman–Crippen LogP) is 3.87. The lowest BCUT2D eigenvalue weighted by atomic mass is 10.3. The first-order chi connectivity index (χ1) is 8.04. The van der Waals surface area contributed by atoms with Crippen molar-refractivity contribution < 1.29 is 8.78 Å². The largest absolute Gasteiger partial charge is 0.223 e. The first-order valence-corrected chi connectivity index (χ1v) is 5.88. The number of aryl methyl sites for hydroxylation is 1. The van der Waals surface area contributed by atoms with Gasteiger partial charge in [0.2, 0.25) is 5.28 Å². The lowest BCUT2D eigenvalue weighted by Crippen LogP contribution is -1.89. The van der Waals surface area contributed by atoms with E-state index in [1.165, 1.54) is 17.8 Å². The number of nitrogens with zero attached hydrogens (tertiary/aromatic N) is 2. The van der Waals surface area contributed by atoms with E-state index in [2.05, 4.69) is 9.97 Å². The van der Waals surface area contributed by atoms with Crippen molar-refractivity contribution in [1.82, 2.24) is 9.97 Å². The summed E-state index contributed by atoms with van der Waals surface area (Å²) in [6.07, 6.45) is 0. The molecule has 0 aliphatic heterocycles. The molecule has 1 aromatic carbocycles. The van der Waals surface area contributed by atoms with E-state index in [1.54, 1.807) is 13.0 Å². The summed E-state index contributed by atoms with van der Waals surface area (Å²) >= 11 is 6.90. The molecule has 0 aliphatic carbocycles. The van der Waals surface area contributed by atoms with Gasteiger partial charge in [-0.1, -0.05) is 11.8 Å². The van der Waals surface area contributed by atoms with E-state index in [9.17, 15) is 8.78 Å². The Kier molecular flexibility index (Phi) is 3.59. The van der Waals surface area contributed by atoms with Gasteiger partial charge in [0.05, 0.1) is 0 Å². The highest BCUT2D eigenvalue weighted by Crippen LogP contribution is 2.28. The van der Waals surface area contributed by atoms with Crippen molar-refractivity contribution in [2.45, 2.75) is 16.8 Å². The van der Waals surface area contributed by atoms with Gasteiger partial charge in [-0.2, -0.15) is 0 Å². The van der Waals surface area contributed by atoms with Crippen LogP contribution in [0.25, 0.3) is 0 Å². The molecule has 0 fully saturated rings. The molecule has 1 aromatic heterocycles. The molecule has 0 amide bonds. The van der Waals surface area contributed by atoms with Gasteiger partial charge in [0, 0.05) is 10.6 Å². The van der Waals surface area contributed by atoms with Gasteiger partial charge in [-0.3, -0.25) is 0 Å². The molecule has 0 atom stereocenters. The van der Waals surface area contributed by atoms with Gasteiger partial charge in [-0.05, 0) is 42.8 Å². The Balaban J connectivity index is 2.28. The Morgan fingerprint density at radius 2 is 1.88 bits per heavy atom. The zero-order valence-electron chi connectivity index (χ0n) is 8.75. The second-order valence-electron chi connectivity index (χ2n) is 3.29. The summed E-state index contributed by atoms with van der Waals surface area (Å²) in [5.74, 6) is -1.75. The average molecular weight is 273 g/mol. The first kappa shape index (κ1) is 12.3. The molecule has 0 bridgehead atoms. The van der Waals surface area contributed by atoms with Crippen molar-refractivity contribution in [1.29, 1.82) is 0 Å². The van der Waals surface area contributed by atoms with Crippen LogP contribution in [0.5, 0.6) is 0 Å².